The van der Waals surface area contributed by atoms with Crippen LogP contribution >= 0.6 is 0 Å². The first-order valence-corrected chi connectivity index (χ1v) is 8.99. The standard InChI is InChI=1S/C23H17FN2O3/c24-16-6-11-21-19(12-16)20(13-25-21)22(27)23(28)26-17-7-9-18(10-8-17)29-14-15-4-2-1-3-5-15/h1-13,25H,14H2,(H,26,28). The van der Waals surface area contributed by atoms with Crippen molar-refractivity contribution in [2.75, 3.05) is 5.32 Å². The number of rotatable bonds is 6. The van der Waals surface area contributed by atoms with E-state index in [0.29, 0.717) is 28.9 Å². The SMILES string of the molecule is O=C(Nc1ccc(OCc2ccccc2)cc1)C(=O)c1c[nH]c2ccc(F)cc12. The van der Waals surface area contributed by atoms with Gasteiger partial charge in [-0.05, 0) is 48.0 Å². The summed E-state index contributed by atoms with van der Waals surface area (Å²) >= 11 is 0. The molecule has 29 heavy (non-hydrogen) atoms. The van der Waals surface area contributed by atoms with Crippen LogP contribution in [-0.2, 0) is 11.4 Å². The molecule has 0 saturated heterocycles. The predicted molar refractivity (Wildman–Crippen MR) is 108 cm³/mol. The summed E-state index contributed by atoms with van der Waals surface area (Å²) in [6.07, 6.45) is 1.41. The molecule has 1 aromatic heterocycles. The van der Waals surface area contributed by atoms with Crippen LogP contribution < -0.4 is 10.1 Å². The Kier molecular flexibility index (Phi) is 5.07. The fourth-order valence-corrected chi connectivity index (χ4v) is 2.97. The lowest BCUT2D eigenvalue weighted by Gasteiger charge is -2.08. The van der Waals surface area contributed by atoms with Gasteiger partial charge in [-0.25, -0.2) is 4.39 Å². The summed E-state index contributed by atoms with van der Waals surface area (Å²) in [6, 6.07) is 20.5. The van der Waals surface area contributed by atoms with Crippen molar-refractivity contribution < 1.29 is 18.7 Å². The highest BCUT2D eigenvalue weighted by atomic mass is 19.1. The minimum absolute atomic E-state index is 0.125. The number of fused-ring (bicyclic) bond motifs is 1. The zero-order chi connectivity index (χ0) is 20.2. The molecule has 0 atom stereocenters. The number of benzene rings is 3. The Morgan fingerprint density at radius 2 is 1.72 bits per heavy atom. The van der Waals surface area contributed by atoms with E-state index in [9.17, 15) is 14.0 Å². The van der Waals surface area contributed by atoms with E-state index in [2.05, 4.69) is 10.3 Å². The molecule has 5 nitrogen and oxygen atoms in total. The van der Waals surface area contributed by atoms with Crippen LogP contribution in [0.1, 0.15) is 15.9 Å². The molecule has 0 spiro atoms. The molecular formula is C23H17FN2O3. The van der Waals surface area contributed by atoms with E-state index in [1.807, 2.05) is 30.3 Å². The molecule has 0 fully saturated rings. The second-order valence-electron chi connectivity index (χ2n) is 6.47. The average Bonchev–Trinajstić information content (AvgIpc) is 3.16. The molecule has 0 saturated carbocycles. The lowest BCUT2D eigenvalue weighted by atomic mass is 10.1. The fourth-order valence-electron chi connectivity index (χ4n) is 2.97. The molecule has 3 aromatic carbocycles. The van der Waals surface area contributed by atoms with Crippen LogP contribution in [-0.4, -0.2) is 16.7 Å². The van der Waals surface area contributed by atoms with E-state index in [4.69, 9.17) is 4.74 Å². The predicted octanol–water partition coefficient (Wildman–Crippen LogP) is 4.71. The van der Waals surface area contributed by atoms with E-state index in [1.165, 1.54) is 24.4 Å². The van der Waals surface area contributed by atoms with Gasteiger partial charge in [0.25, 0.3) is 11.7 Å². The minimum atomic E-state index is -0.798. The number of aromatic amines is 1. The van der Waals surface area contributed by atoms with Gasteiger partial charge in [0.15, 0.2) is 0 Å². The number of Topliss-reactive ketones (excluding diaryl/α,β-unsaturated/α-hetero) is 1. The number of anilines is 1. The van der Waals surface area contributed by atoms with Crippen LogP contribution in [0.5, 0.6) is 5.75 Å². The molecule has 144 valence electrons. The number of ketones is 1. The van der Waals surface area contributed by atoms with E-state index in [0.717, 1.165) is 5.56 Å². The summed E-state index contributed by atoms with van der Waals surface area (Å²) in [5.41, 5.74) is 2.22. The molecule has 0 radical (unpaired) electrons. The van der Waals surface area contributed by atoms with Gasteiger partial charge >= 0.3 is 0 Å². The van der Waals surface area contributed by atoms with E-state index >= 15 is 0 Å². The van der Waals surface area contributed by atoms with Crippen molar-refractivity contribution in [1.29, 1.82) is 0 Å². The number of H-pyrrole nitrogens is 1. The van der Waals surface area contributed by atoms with Gasteiger partial charge in [-0.3, -0.25) is 9.59 Å². The van der Waals surface area contributed by atoms with Crippen LogP contribution in [0.2, 0.25) is 0 Å². The lowest BCUT2D eigenvalue weighted by Crippen LogP contribution is -2.22. The largest absolute Gasteiger partial charge is 0.489 e. The second kappa shape index (κ2) is 7.98. The number of carbonyl (C=O) groups excluding carboxylic acids is 2. The molecule has 6 heteroatoms. The number of hydrogen-bond donors (Lipinski definition) is 2. The van der Waals surface area contributed by atoms with Crippen molar-refractivity contribution >= 4 is 28.3 Å². The first kappa shape index (κ1) is 18.4. The third-order valence-electron chi connectivity index (χ3n) is 4.46. The first-order chi connectivity index (χ1) is 14.1. The van der Waals surface area contributed by atoms with Crippen LogP contribution in [0.15, 0.2) is 79.0 Å². The molecule has 2 N–H and O–H groups in total. The monoisotopic (exact) mass is 388 g/mol. The van der Waals surface area contributed by atoms with Gasteiger partial charge in [-0.15, -0.1) is 0 Å². The molecule has 1 amide bonds. The van der Waals surface area contributed by atoms with Gasteiger partial charge < -0.3 is 15.0 Å². The summed E-state index contributed by atoms with van der Waals surface area (Å²) in [6.45, 7) is 0.433. The Balaban J connectivity index is 1.41. The summed E-state index contributed by atoms with van der Waals surface area (Å²) in [5, 5.41) is 2.93. The molecule has 0 unspecified atom stereocenters. The number of nitrogens with one attached hydrogen (secondary N) is 2. The number of carbonyl (C=O) groups is 2. The average molecular weight is 388 g/mol. The van der Waals surface area contributed by atoms with Crippen LogP contribution in [0.4, 0.5) is 10.1 Å². The molecule has 4 rings (SSSR count). The molecule has 0 aliphatic rings. The number of aromatic nitrogens is 1. The third kappa shape index (κ3) is 4.16. The minimum Gasteiger partial charge on any atom is -0.489 e. The van der Waals surface area contributed by atoms with Gasteiger partial charge in [0.05, 0.1) is 5.56 Å². The Labute approximate surface area is 166 Å². The molecule has 1 heterocycles. The topological polar surface area (TPSA) is 71.2 Å². The highest BCUT2D eigenvalue weighted by molar-refractivity contribution is 6.48. The van der Waals surface area contributed by atoms with Crippen LogP contribution in [0.3, 0.4) is 0 Å². The van der Waals surface area contributed by atoms with Gasteiger partial charge in [0, 0.05) is 22.8 Å². The maximum atomic E-state index is 13.5. The van der Waals surface area contributed by atoms with Crippen molar-refractivity contribution in [1.82, 2.24) is 4.98 Å². The van der Waals surface area contributed by atoms with Crippen LogP contribution in [0, 0.1) is 5.82 Å². The Hall–Kier alpha value is -3.93. The maximum Gasteiger partial charge on any atom is 0.296 e. The zero-order valence-electron chi connectivity index (χ0n) is 15.3. The molecule has 4 aromatic rings. The Morgan fingerprint density at radius 1 is 0.966 bits per heavy atom. The maximum absolute atomic E-state index is 13.5. The van der Waals surface area contributed by atoms with Gasteiger partial charge in [-0.1, -0.05) is 30.3 Å². The Bertz CT molecular complexity index is 1170. The molecular weight excluding hydrogens is 371 g/mol. The smallest absolute Gasteiger partial charge is 0.296 e. The summed E-state index contributed by atoms with van der Waals surface area (Å²) in [7, 11) is 0. The highest BCUT2D eigenvalue weighted by Crippen LogP contribution is 2.21. The third-order valence-corrected chi connectivity index (χ3v) is 4.46. The van der Waals surface area contributed by atoms with Gasteiger partial charge in [0.1, 0.15) is 18.2 Å². The number of halogens is 1. The van der Waals surface area contributed by atoms with E-state index in [1.54, 1.807) is 24.3 Å². The van der Waals surface area contributed by atoms with Crippen molar-refractivity contribution in [3.05, 3.63) is 95.9 Å². The van der Waals surface area contributed by atoms with Gasteiger partial charge in [-0.2, -0.15) is 0 Å². The first-order valence-electron chi connectivity index (χ1n) is 8.99. The second-order valence-corrected chi connectivity index (χ2v) is 6.47. The van der Waals surface area contributed by atoms with Gasteiger partial charge in [0.2, 0.25) is 0 Å². The summed E-state index contributed by atoms with van der Waals surface area (Å²) in [5.74, 6) is -1.37. The molecule has 0 aliphatic heterocycles. The van der Waals surface area contributed by atoms with Crippen LogP contribution in [0.25, 0.3) is 10.9 Å². The summed E-state index contributed by atoms with van der Waals surface area (Å²) in [4.78, 5) is 27.7. The molecule has 0 bridgehead atoms. The fraction of sp³-hybridized carbons (Fsp3) is 0.0435. The van der Waals surface area contributed by atoms with E-state index in [-0.39, 0.29) is 5.56 Å². The van der Waals surface area contributed by atoms with E-state index < -0.39 is 17.5 Å². The summed E-state index contributed by atoms with van der Waals surface area (Å²) < 4.78 is 19.2. The number of ether oxygens (including phenoxy) is 1. The quantitative estimate of drug-likeness (QED) is 0.371. The number of hydrogen-bond acceptors (Lipinski definition) is 3. The van der Waals surface area contributed by atoms with Crippen molar-refractivity contribution in [2.45, 2.75) is 6.61 Å². The van der Waals surface area contributed by atoms with Crippen molar-refractivity contribution in [3.8, 4) is 5.75 Å². The number of amides is 1. The Morgan fingerprint density at radius 3 is 2.48 bits per heavy atom. The highest BCUT2D eigenvalue weighted by Gasteiger charge is 2.20. The molecule has 0 aliphatic carbocycles. The van der Waals surface area contributed by atoms with Crippen molar-refractivity contribution in [3.63, 3.8) is 0 Å². The zero-order valence-corrected chi connectivity index (χ0v) is 15.3. The lowest BCUT2D eigenvalue weighted by molar-refractivity contribution is -0.112. The van der Waals surface area contributed by atoms with Crippen molar-refractivity contribution in [2.24, 2.45) is 0 Å². The normalized spacial score (nSPS) is 10.7.